The largest absolute Gasteiger partial charge is 0.497 e. The zero-order valence-corrected chi connectivity index (χ0v) is 17.7. The monoisotopic (exact) mass is 432 g/mol. The van der Waals surface area contributed by atoms with E-state index in [9.17, 15) is 9.59 Å². The van der Waals surface area contributed by atoms with Crippen molar-refractivity contribution in [3.8, 4) is 5.75 Å². The second kappa shape index (κ2) is 8.93. The van der Waals surface area contributed by atoms with Crippen LogP contribution < -0.4 is 15.4 Å². The van der Waals surface area contributed by atoms with E-state index in [2.05, 4.69) is 20.8 Å². The minimum atomic E-state index is -0.186. The molecule has 0 aliphatic carbocycles. The smallest absolute Gasteiger partial charge is 0.255 e. The summed E-state index contributed by atoms with van der Waals surface area (Å²) in [6, 6.07) is 20.5. The van der Waals surface area contributed by atoms with Crippen molar-refractivity contribution >= 4 is 46.0 Å². The van der Waals surface area contributed by atoms with Crippen molar-refractivity contribution in [3.63, 3.8) is 0 Å². The van der Waals surface area contributed by atoms with E-state index in [-0.39, 0.29) is 11.8 Å². The molecule has 2 amide bonds. The van der Waals surface area contributed by atoms with E-state index < -0.39 is 0 Å². The van der Waals surface area contributed by atoms with Gasteiger partial charge in [0.2, 0.25) is 5.91 Å². The van der Waals surface area contributed by atoms with Crippen LogP contribution in [0, 0.1) is 0 Å². The van der Waals surface area contributed by atoms with Crippen LogP contribution in [0.25, 0.3) is 10.9 Å². The predicted molar refractivity (Wildman–Crippen MR) is 122 cm³/mol. The molecule has 3 aromatic carbocycles. The molecule has 156 valence electrons. The van der Waals surface area contributed by atoms with Crippen molar-refractivity contribution in [1.29, 1.82) is 0 Å². The number of methoxy groups -OCH3 is 1. The average Bonchev–Trinajstić information content (AvgIpc) is 3.15. The second-order valence-corrected chi connectivity index (χ2v) is 7.92. The Hall–Kier alpha value is -3.78. The van der Waals surface area contributed by atoms with E-state index in [1.54, 1.807) is 43.1 Å². The van der Waals surface area contributed by atoms with Crippen LogP contribution in [-0.2, 0) is 4.79 Å². The molecule has 0 aliphatic heterocycles. The highest BCUT2D eigenvalue weighted by Gasteiger charge is 2.10. The summed E-state index contributed by atoms with van der Waals surface area (Å²) in [5.74, 6) is 0.866. The first-order valence-electron chi connectivity index (χ1n) is 9.51. The number of benzene rings is 3. The summed E-state index contributed by atoms with van der Waals surface area (Å²) in [6.07, 6.45) is 0. The standard InChI is InChI=1S/C23H20N4O3S/c1-14(28)24-22-20-11-10-19(13-21(20)26-27-22)31-18-5-3-4-16(12-18)25-23(29)15-6-8-17(30-2)9-7-15/h3-13H,1-2H3,(H,25,29)(H2,24,26,27,28). The molecular formula is C23H20N4O3S. The van der Waals surface area contributed by atoms with Crippen LogP contribution in [0.4, 0.5) is 11.5 Å². The van der Waals surface area contributed by atoms with Crippen LogP contribution >= 0.6 is 11.8 Å². The lowest BCUT2D eigenvalue weighted by Gasteiger charge is -2.08. The topological polar surface area (TPSA) is 96.1 Å². The van der Waals surface area contributed by atoms with Gasteiger partial charge in [0, 0.05) is 33.4 Å². The van der Waals surface area contributed by atoms with Gasteiger partial charge in [0.15, 0.2) is 5.82 Å². The number of hydrogen-bond donors (Lipinski definition) is 3. The summed E-state index contributed by atoms with van der Waals surface area (Å²) in [5, 5.41) is 13.6. The number of carbonyl (C=O) groups is 2. The number of anilines is 2. The number of amides is 2. The normalized spacial score (nSPS) is 10.6. The lowest BCUT2D eigenvalue weighted by Crippen LogP contribution is -2.11. The molecule has 0 saturated heterocycles. The third kappa shape index (κ3) is 4.87. The van der Waals surface area contributed by atoms with Gasteiger partial charge in [0.1, 0.15) is 5.75 Å². The highest BCUT2D eigenvalue weighted by Crippen LogP contribution is 2.32. The van der Waals surface area contributed by atoms with Crippen molar-refractivity contribution in [3.05, 3.63) is 72.3 Å². The third-order valence-electron chi connectivity index (χ3n) is 4.51. The summed E-state index contributed by atoms with van der Waals surface area (Å²) in [4.78, 5) is 25.8. The molecule has 0 radical (unpaired) electrons. The van der Waals surface area contributed by atoms with Gasteiger partial charge in [0.25, 0.3) is 5.91 Å². The number of fused-ring (bicyclic) bond motifs is 1. The van der Waals surface area contributed by atoms with Crippen LogP contribution in [0.2, 0.25) is 0 Å². The summed E-state index contributed by atoms with van der Waals surface area (Å²) in [7, 11) is 1.59. The molecule has 0 bridgehead atoms. The molecule has 0 fully saturated rings. The van der Waals surface area contributed by atoms with E-state index in [1.165, 1.54) is 6.92 Å². The summed E-state index contributed by atoms with van der Waals surface area (Å²) in [5.41, 5.74) is 2.10. The zero-order chi connectivity index (χ0) is 21.8. The average molecular weight is 433 g/mol. The quantitative estimate of drug-likeness (QED) is 0.401. The van der Waals surface area contributed by atoms with E-state index in [4.69, 9.17) is 4.74 Å². The molecule has 1 aromatic heterocycles. The summed E-state index contributed by atoms with van der Waals surface area (Å²) >= 11 is 1.56. The summed E-state index contributed by atoms with van der Waals surface area (Å²) in [6.45, 7) is 1.45. The SMILES string of the molecule is COc1ccc(C(=O)Nc2cccc(Sc3ccc4c(NC(C)=O)n[nH]c4c3)c2)cc1. The lowest BCUT2D eigenvalue weighted by molar-refractivity contribution is -0.114. The first kappa shape index (κ1) is 20.5. The maximum atomic E-state index is 12.5. The van der Waals surface area contributed by atoms with Gasteiger partial charge in [-0.25, -0.2) is 0 Å². The van der Waals surface area contributed by atoms with Gasteiger partial charge in [-0.3, -0.25) is 14.7 Å². The first-order chi connectivity index (χ1) is 15.0. The minimum Gasteiger partial charge on any atom is -0.497 e. The van der Waals surface area contributed by atoms with E-state index in [1.807, 2.05) is 42.5 Å². The Morgan fingerprint density at radius 3 is 2.48 bits per heavy atom. The Balaban J connectivity index is 1.48. The second-order valence-electron chi connectivity index (χ2n) is 6.77. The van der Waals surface area contributed by atoms with Crippen LogP contribution in [0.15, 0.2) is 76.5 Å². The van der Waals surface area contributed by atoms with Gasteiger partial charge in [-0.2, -0.15) is 5.10 Å². The Morgan fingerprint density at radius 1 is 0.968 bits per heavy atom. The Morgan fingerprint density at radius 2 is 1.74 bits per heavy atom. The number of H-pyrrole nitrogens is 1. The van der Waals surface area contributed by atoms with Crippen molar-refractivity contribution in [2.24, 2.45) is 0 Å². The number of aromatic amines is 1. The molecule has 0 aliphatic rings. The van der Waals surface area contributed by atoms with Crippen molar-refractivity contribution in [2.45, 2.75) is 16.7 Å². The summed E-state index contributed by atoms with van der Waals surface area (Å²) < 4.78 is 5.13. The van der Waals surface area contributed by atoms with Crippen LogP contribution in [0.5, 0.6) is 5.75 Å². The fourth-order valence-corrected chi connectivity index (χ4v) is 3.96. The highest BCUT2D eigenvalue weighted by molar-refractivity contribution is 7.99. The fourth-order valence-electron chi connectivity index (χ4n) is 3.04. The Labute approximate surface area is 183 Å². The van der Waals surface area contributed by atoms with Crippen molar-refractivity contribution < 1.29 is 14.3 Å². The molecule has 3 N–H and O–H groups in total. The van der Waals surface area contributed by atoms with Crippen molar-refractivity contribution in [1.82, 2.24) is 10.2 Å². The highest BCUT2D eigenvalue weighted by atomic mass is 32.2. The number of aromatic nitrogens is 2. The molecule has 0 saturated carbocycles. The van der Waals surface area contributed by atoms with Gasteiger partial charge >= 0.3 is 0 Å². The van der Waals surface area contributed by atoms with Gasteiger partial charge in [0.05, 0.1) is 12.6 Å². The van der Waals surface area contributed by atoms with E-state index in [0.29, 0.717) is 22.8 Å². The molecular weight excluding hydrogens is 412 g/mol. The number of rotatable bonds is 6. The molecule has 0 unspecified atom stereocenters. The molecule has 4 rings (SSSR count). The first-order valence-corrected chi connectivity index (χ1v) is 10.3. The number of nitrogens with one attached hydrogen (secondary N) is 3. The lowest BCUT2D eigenvalue weighted by atomic mass is 10.2. The fraction of sp³-hybridized carbons (Fsp3) is 0.0870. The van der Waals surface area contributed by atoms with Crippen molar-refractivity contribution in [2.75, 3.05) is 17.7 Å². The van der Waals surface area contributed by atoms with E-state index in [0.717, 1.165) is 20.7 Å². The van der Waals surface area contributed by atoms with Crippen LogP contribution in [0.3, 0.4) is 0 Å². The van der Waals surface area contributed by atoms with Gasteiger partial charge in [-0.1, -0.05) is 17.8 Å². The molecule has 0 atom stereocenters. The third-order valence-corrected chi connectivity index (χ3v) is 5.49. The molecule has 7 nitrogen and oxygen atoms in total. The predicted octanol–water partition coefficient (Wildman–Crippen LogP) is 4.93. The maximum Gasteiger partial charge on any atom is 0.255 e. The molecule has 0 spiro atoms. The number of ether oxygens (including phenoxy) is 1. The molecule has 31 heavy (non-hydrogen) atoms. The van der Waals surface area contributed by atoms with Gasteiger partial charge < -0.3 is 15.4 Å². The van der Waals surface area contributed by atoms with Crippen LogP contribution in [-0.4, -0.2) is 29.1 Å². The van der Waals surface area contributed by atoms with Gasteiger partial charge in [-0.05, 0) is 60.7 Å². The van der Waals surface area contributed by atoms with Gasteiger partial charge in [-0.15, -0.1) is 0 Å². The molecule has 1 heterocycles. The minimum absolute atomic E-state index is 0.166. The zero-order valence-electron chi connectivity index (χ0n) is 16.9. The Bertz CT molecular complexity index is 1250. The number of nitrogens with zero attached hydrogens (tertiary/aromatic N) is 1. The maximum absolute atomic E-state index is 12.5. The molecule has 8 heteroatoms. The van der Waals surface area contributed by atoms with Crippen LogP contribution in [0.1, 0.15) is 17.3 Å². The number of hydrogen-bond acceptors (Lipinski definition) is 5. The molecule has 4 aromatic rings. The number of carbonyl (C=O) groups excluding carboxylic acids is 2. The van der Waals surface area contributed by atoms with E-state index >= 15 is 0 Å². The Kier molecular flexibility index (Phi) is 5.90.